The Morgan fingerprint density at radius 3 is 2.23 bits per heavy atom. The first-order valence-corrected chi connectivity index (χ1v) is 9.67. The standard InChI is InChI=1S/C22H22F3N3O2/c1-2-3-14-18(29)26-21(22(23,24)25)20(30)28(15-16-10-6-4-7-11-16)19(27-21)17-12-8-5-9-13-17/h4-13H,2-3,14-15H2,1H3,(H,26,29)/t21-/m0/s1. The summed E-state index contributed by atoms with van der Waals surface area (Å²) in [7, 11) is 0. The molecular weight excluding hydrogens is 395 g/mol. The minimum absolute atomic E-state index is 0.101. The molecule has 0 fully saturated rings. The lowest BCUT2D eigenvalue weighted by Crippen LogP contribution is -2.63. The third kappa shape index (κ3) is 4.22. The summed E-state index contributed by atoms with van der Waals surface area (Å²) >= 11 is 0. The smallest absolute Gasteiger partial charge is 0.316 e. The number of aliphatic imine (C=N–C) groups is 1. The molecule has 3 rings (SSSR count). The maximum atomic E-state index is 14.2. The van der Waals surface area contributed by atoms with Crippen molar-refractivity contribution in [1.29, 1.82) is 0 Å². The summed E-state index contributed by atoms with van der Waals surface area (Å²) in [6, 6.07) is 16.8. The molecule has 0 unspecified atom stereocenters. The van der Waals surface area contributed by atoms with Crippen molar-refractivity contribution in [2.45, 2.75) is 44.6 Å². The van der Waals surface area contributed by atoms with Crippen molar-refractivity contribution >= 4 is 17.6 Å². The highest BCUT2D eigenvalue weighted by Gasteiger charge is 2.67. The van der Waals surface area contributed by atoms with E-state index in [4.69, 9.17) is 0 Å². The minimum atomic E-state index is -5.10. The van der Waals surface area contributed by atoms with E-state index >= 15 is 0 Å². The molecule has 1 atom stereocenters. The Bertz CT molecular complexity index is 930. The molecule has 158 valence electrons. The van der Waals surface area contributed by atoms with Gasteiger partial charge in [0, 0.05) is 12.0 Å². The molecule has 30 heavy (non-hydrogen) atoms. The summed E-state index contributed by atoms with van der Waals surface area (Å²) in [4.78, 5) is 30.1. The number of halogens is 3. The highest BCUT2D eigenvalue weighted by Crippen LogP contribution is 2.39. The van der Waals surface area contributed by atoms with Crippen molar-refractivity contribution in [2.24, 2.45) is 4.99 Å². The average molecular weight is 417 g/mol. The average Bonchev–Trinajstić information content (AvgIpc) is 3.01. The number of nitrogens with zero attached hydrogens (tertiary/aromatic N) is 2. The number of rotatable bonds is 7. The van der Waals surface area contributed by atoms with Crippen LogP contribution in [0.2, 0.25) is 0 Å². The van der Waals surface area contributed by atoms with Gasteiger partial charge in [-0.2, -0.15) is 13.2 Å². The number of hydrogen-bond acceptors (Lipinski definition) is 3. The summed E-state index contributed by atoms with van der Waals surface area (Å²) in [5.74, 6) is -2.31. The Labute approximate surface area is 172 Å². The van der Waals surface area contributed by atoms with Gasteiger partial charge >= 0.3 is 11.8 Å². The van der Waals surface area contributed by atoms with Crippen molar-refractivity contribution in [2.75, 3.05) is 0 Å². The SMILES string of the molecule is CCCCC(=O)N[C@]1(C(F)(F)F)N=C(c2ccccc2)N(Cc2ccccc2)C1=O. The Hall–Kier alpha value is -3.16. The first kappa shape index (κ1) is 21.5. The molecule has 0 bridgehead atoms. The molecule has 0 spiro atoms. The lowest BCUT2D eigenvalue weighted by molar-refractivity contribution is -0.200. The number of amidine groups is 1. The lowest BCUT2D eigenvalue weighted by atomic mass is 10.1. The largest absolute Gasteiger partial charge is 0.442 e. The molecule has 0 aliphatic carbocycles. The molecule has 0 radical (unpaired) electrons. The van der Waals surface area contributed by atoms with E-state index in [1.54, 1.807) is 60.7 Å². The molecule has 1 aliphatic rings. The lowest BCUT2D eigenvalue weighted by Gasteiger charge is -2.29. The number of benzene rings is 2. The van der Waals surface area contributed by atoms with E-state index < -0.39 is 23.7 Å². The van der Waals surface area contributed by atoms with Gasteiger partial charge in [0.1, 0.15) is 5.84 Å². The maximum Gasteiger partial charge on any atom is 0.442 e. The molecule has 1 N–H and O–H groups in total. The van der Waals surface area contributed by atoms with E-state index in [0.717, 1.165) is 4.90 Å². The van der Waals surface area contributed by atoms with Gasteiger partial charge in [0.05, 0.1) is 6.54 Å². The Balaban J connectivity index is 2.06. The first-order valence-electron chi connectivity index (χ1n) is 9.67. The van der Waals surface area contributed by atoms with Crippen LogP contribution in [0.15, 0.2) is 65.7 Å². The highest BCUT2D eigenvalue weighted by molar-refractivity contribution is 6.16. The highest BCUT2D eigenvalue weighted by atomic mass is 19.4. The fourth-order valence-corrected chi connectivity index (χ4v) is 3.22. The van der Waals surface area contributed by atoms with Gasteiger partial charge in [0.2, 0.25) is 5.91 Å². The van der Waals surface area contributed by atoms with Gasteiger partial charge in [0.15, 0.2) is 0 Å². The molecule has 1 aliphatic heterocycles. The van der Waals surface area contributed by atoms with E-state index in [-0.39, 0.29) is 18.8 Å². The van der Waals surface area contributed by atoms with E-state index in [9.17, 15) is 22.8 Å². The predicted molar refractivity (Wildman–Crippen MR) is 106 cm³/mol. The number of nitrogens with one attached hydrogen (secondary N) is 1. The fraction of sp³-hybridized carbons (Fsp3) is 0.318. The monoisotopic (exact) mass is 417 g/mol. The van der Waals surface area contributed by atoms with Gasteiger partial charge in [-0.25, -0.2) is 4.99 Å². The van der Waals surface area contributed by atoms with Crippen LogP contribution >= 0.6 is 0 Å². The Kier molecular flexibility index (Phi) is 6.24. The summed E-state index contributed by atoms with van der Waals surface area (Å²) in [5, 5.41) is 1.89. The summed E-state index contributed by atoms with van der Waals surface area (Å²) in [6.07, 6.45) is -4.16. The zero-order valence-corrected chi connectivity index (χ0v) is 16.4. The van der Waals surface area contributed by atoms with Gasteiger partial charge < -0.3 is 5.32 Å². The van der Waals surface area contributed by atoms with Crippen LogP contribution in [-0.4, -0.2) is 34.4 Å². The quantitative estimate of drug-likeness (QED) is 0.739. The van der Waals surface area contributed by atoms with Crippen molar-refractivity contribution in [1.82, 2.24) is 10.2 Å². The number of unbranched alkanes of at least 4 members (excludes halogenated alkanes) is 1. The first-order chi connectivity index (χ1) is 14.3. The molecule has 1 heterocycles. The van der Waals surface area contributed by atoms with Gasteiger partial charge in [0.25, 0.3) is 5.91 Å². The van der Waals surface area contributed by atoms with Gasteiger partial charge in [-0.15, -0.1) is 0 Å². The molecule has 2 aromatic carbocycles. The second kappa shape index (κ2) is 8.69. The zero-order valence-electron chi connectivity index (χ0n) is 16.4. The van der Waals surface area contributed by atoms with Crippen LogP contribution in [0.5, 0.6) is 0 Å². The Morgan fingerprint density at radius 2 is 1.67 bits per heavy atom. The molecule has 8 heteroatoms. The molecule has 0 saturated heterocycles. The number of hydrogen-bond donors (Lipinski definition) is 1. The minimum Gasteiger partial charge on any atom is -0.316 e. The molecule has 5 nitrogen and oxygen atoms in total. The van der Waals surface area contributed by atoms with Crippen LogP contribution in [0.4, 0.5) is 13.2 Å². The third-order valence-electron chi connectivity index (χ3n) is 4.79. The van der Waals surface area contributed by atoms with Crippen LogP contribution in [0.1, 0.15) is 37.3 Å². The predicted octanol–water partition coefficient (Wildman–Crippen LogP) is 4.04. The van der Waals surface area contributed by atoms with Crippen molar-refractivity contribution in [3.63, 3.8) is 0 Å². The molecule has 2 aromatic rings. The van der Waals surface area contributed by atoms with Gasteiger partial charge in [-0.3, -0.25) is 14.5 Å². The summed E-state index contributed by atoms with van der Waals surface area (Å²) in [6.45, 7) is 1.72. The van der Waals surface area contributed by atoms with Crippen LogP contribution in [-0.2, 0) is 16.1 Å². The number of alkyl halides is 3. The number of carbonyl (C=O) groups is 2. The summed E-state index contributed by atoms with van der Waals surface area (Å²) < 4.78 is 42.5. The van der Waals surface area contributed by atoms with Crippen LogP contribution in [0, 0.1) is 0 Å². The fourth-order valence-electron chi connectivity index (χ4n) is 3.22. The van der Waals surface area contributed by atoms with E-state index in [2.05, 4.69) is 4.99 Å². The molecule has 2 amide bonds. The number of amides is 2. The van der Waals surface area contributed by atoms with E-state index in [1.807, 2.05) is 12.2 Å². The maximum absolute atomic E-state index is 14.2. The van der Waals surface area contributed by atoms with E-state index in [0.29, 0.717) is 24.0 Å². The van der Waals surface area contributed by atoms with Crippen molar-refractivity contribution in [3.8, 4) is 0 Å². The Morgan fingerprint density at radius 1 is 1.07 bits per heavy atom. The van der Waals surface area contributed by atoms with E-state index in [1.165, 1.54) is 0 Å². The van der Waals surface area contributed by atoms with Gasteiger partial charge in [-0.05, 0) is 12.0 Å². The van der Waals surface area contributed by atoms with Crippen molar-refractivity contribution < 1.29 is 22.8 Å². The number of carbonyl (C=O) groups excluding carboxylic acids is 2. The van der Waals surface area contributed by atoms with Crippen LogP contribution in [0.3, 0.4) is 0 Å². The third-order valence-corrected chi connectivity index (χ3v) is 4.79. The second-order valence-electron chi connectivity index (χ2n) is 7.04. The normalized spacial score (nSPS) is 19.0. The van der Waals surface area contributed by atoms with Gasteiger partial charge in [-0.1, -0.05) is 74.0 Å². The van der Waals surface area contributed by atoms with Crippen molar-refractivity contribution in [3.05, 3.63) is 71.8 Å². The summed E-state index contributed by atoms with van der Waals surface area (Å²) in [5.41, 5.74) is -2.34. The second-order valence-corrected chi connectivity index (χ2v) is 7.04. The zero-order chi connectivity index (χ0) is 21.8. The molecular formula is C22H22F3N3O2. The topological polar surface area (TPSA) is 61.8 Å². The molecule has 0 saturated carbocycles. The van der Waals surface area contributed by atoms with Crippen LogP contribution < -0.4 is 5.32 Å². The van der Waals surface area contributed by atoms with Crippen LogP contribution in [0.25, 0.3) is 0 Å². The molecule has 0 aromatic heterocycles.